The van der Waals surface area contributed by atoms with Crippen LogP contribution in [0.1, 0.15) is 10.4 Å². The van der Waals surface area contributed by atoms with Crippen molar-refractivity contribution in [2.45, 2.75) is 0 Å². The van der Waals surface area contributed by atoms with Crippen LogP contribution < -0.4 is 16.6 Å². The summed E-state index contributed by atoms with van der Waals surface area (Å²) in [5.74, 6) is -0.519. The van der Waals surface area contributed by atoms with E-state index in [9.17, 15) is 9.59 Å². The Morgan fingerprint density at radius 1 is 1.17 bits per heavy atom. The van der Waals surface area contributed by atoms with Crippen LogP contribution in [0.15, 0.2) is 53.3 Å². The predicted octanol–water partition coefficient (Wildman–Crippen LogP) is 2.59. The maximum Gasteiger partial charge on any atom is 0.270 e. The van der Waals surface area contributed by atoms with Crippen LogP contribution in [0.3, 0.4) is 0 Å². The topological polar surface area (TPSA) is 77.1 Å². The molecule has 6 heteroatoms. The third kappa shape index (κ3) is 2.45. The zero-order valence-corrected chi connectivity index (χ0v) is 13.1. The molecule has 0 spiro atoms. The second-order valence-corrected chi connectivity index (χ2v) is 5.44. The Morgan fingerprint density at radius 2 is 1.87 bits per heavy atom. The first-order valence-corrected chi connectivity index (χ1v) is 7.33. The Hall–Kier alpha value is -2.79. The molecule has 3 N–H and O–H groups in total. The molecule has 3 aromatic rings. The van der Waals surface area contributed by atoms with Crippen molar-refractivity contribution in [3.63, 3.8) is 0 Å². The van der Waals surface area contributed by atoms with Crippen molar-refractivity contribution in [2.75, 3.05) is 12.8 Å². The number of nitrogen functional groups attached to an aromatic ring is 1. The van der Waals surface area contributed by atoms with Gasteiger partial charge in [-0.15, -0.1) is 0 Å². The standard InChI is InChI=1S/C17H14ClN3O2/c1-20-16(22)14-15(19)12-8-7-10(18)9-13(12)21(17(14)23)11-5-3-2-4-6-11/h2-9H,19H2,1H3,(H,20,22). The summed E-state index contributed by atoms with van der Waals surface area (Å²) in [6, 6.07) is 14.1. The molecule has 0 radical (unpaired) electrons. The molecule has 0 aliphatic heterocycles. The molecule has 0 aliphatic rings. The molecule has 3 rings (SSSR count). The van der Waals surface area contributed by atoms with Crippen LogP contribution in [0.5, 0.6) is 0 Å². The Bertz CT molecular complexity index is 965. The molecular weight excluding hydrogens is 314 g/mol. The van der Waals surface area contributed by atoms with Gasteiger partial charge in [0.25, 0.3) is 11.5 Å². The number of rotatable bonds is 2. The van der Waals surface area contributed by atoms with Gasteiger partial charge in [0.05, 0.1) is 11.2 Å². The van der Waals surface area contributed by atoms with E-state index >= 15 is 0 Å². The minimum atomic E-state index is -0.519. The van der Waals surface area contributed by atoms with Gasteiger partial charge in [-0.2, -0.15) is 0 Å². The average Bonchev–Trinajstić information content (AvgIpc) is 2.55. The molecule has 0 unspecified atom stereocenters. The number of para-hydroxylation sites is 1. The summed E-state index contributed by atoms with van der Waals surface area (Å²) in [5, 5.41) is 3.53. The highest BCUT2D eigenvalue weighted by molar-refractivity contribution is 6.31. The van der Waals surface area contributed by atoms with Crippen molar-refractivity contribution in [1.82, 2.24) is 9.88 Å². The van der Waals surface area contributed by atoms with Gasteiger partial charge in [0, 0.05) is 23.1 Å². The zero-order chi connectivity index (χ0) is 16.6. The van der Waals surface area contributed by atoms with Crippen LogP contribution in [-0.2, 0) is 0 Å². The van der Waals surface area contributed by atoms with Gasteiger partial charge in [0.2, 0.25) is 0 Å². The van der Waals surface area contributed by atoms with Crippen molar-refractivity contribution in [3.05, 3.63) is 69.5 Å². The maximum atomic E-state index is 12.9. The molecule has 1 heterocycles. The summed E-state index contributed by atoms with van der Waals surface area (Å²) in [6.45, 7) is 0. The lowest BCUT2D eigenvalue weighted by molar-refractivity contribution is 0.0962. The number of nitrogens with one attached hydrogen (secondary N) is 1. The summed E-state index contributed by atoms with van der Waals surface area (Å²) in [5.41, 5.74) is 6.85. The van der Waals surface area contributed by atoms with Crippen LogP contribution in [0, 0.1) is 0 Å². The van der Waals surface area contributed by atoms with Gasteiger partial charge in [-0.25, -0.2) is 0 Å². The van der Waals surface area contributed by atoms with Crippen molar-refractivity contribution in [1.29, 1.82) is 0 Å². The first kappa shape index (κ1) is 15.1. The van der Waals surface area contributed by atoms with Gasteiger partial charge in [-0.1, -0.05) is 29.8 Å². The second-order valence-electron chi connectivity index (χ2n) is 5.01. The Morgan fingerprint density at radius 3 is 2.52 bits per heavy atom. The first-order chi connectivity index (χ1) is 11.0. The van der Waals surface area contributed by atoms with E-state index in [4.69, 9.17) is 17.3 Å². The number of carbonyl (C=O) groups is 1. The number of nitrogens with zero attached hydrogens (tertiary/aromatic N) is 1. The lowest BCUT2D eigenvalue weighted by atomic mass is 10.1. The van der Waals surface area contributed by atoms with E-state index < -0.39 is 11.5 Å². The summed E-state index contributed by atoms with van der Waals surface area (Å²) >= 11 is 6.08. The smallest absolute Gasteiger partial charge is 0.270 e. The van der Waals surface area contributed by atoms with E-state index in [1.54, 1.807) is 30.3 Å². The highest BCUT2D eigenvalue weighted by Crippen LogP contribution is 2.27. The number of amides is 1. The number of carbonyl (C=O) groups excluding carboxylic acids is 1. The summed E-state index contributed by atoms with van der Waals surface area (Å²) in [4.78, 5) is 25.0. The lowest BCUT2D eigenvalue weighted by Crippen LogP contribution is -2.32. The summed E-state index contributed by atoms with van der Waals surface area (Å²) in [6.07, 6.45) is 0. The Balaban J connectivity index is 2.53. The average molecular weight is 328 g/mol. The van der Waals surface area contributed by atoms with E-state index in [1.807, 2.05) is 18.2 Å². The van der Waals surface area contributed by atoms with Crippen molar-refractivity contribution in [2.24, 2.45) is 0 Å². The Kier molecular flexibility index (Phi) is 3.80. The molecule has 0 saturated heterocycles. The third-order valence-corrected chi connectivity index (χ3v) is 3.88. The zero-order valence-electron chi connectivity index (χ0n) is 12.3. The van der Waals surface area contributed by atoms with Gasteiger partial charge < -0.3 is 11.1 Å². The molecule has 1 amide bonds. The van der Waals surface area contributed by atoms with Crippen molar-refractivity contribution in [3.8, 4) is 5.69 Å². The molecule has 0 bridgehead atoms. The normalized spacial score (nSPS) is 10.7. The number of hydrogen-bond acceptors (Lipinski definition) is 3. The number of pyridine rings is 1. The predicted molar refractivity (Wildman–Crippen MR) is 92.4 cm³/mol. The minimum Gasteiger partial charge on any atom is -0.397 e. The highest BCUT2D eigenvalue weighted by Gasteiger charge is 2.20. The first-order valence-electron chi connectivity index (χ1n) is 6.96. The molecule has 0 saturated carbocycles. The monoisotopic (exact) mass is 327 g/mol. The van der Waals surface area contributed by atoms with E-state index in [2.05, 4.69) is 5.32 Å². The molecular formula is C17H14ClN3O2. The molecule has 116 valence electrons. The molecule has 0 aliphatic carbocycles. The number of halogens is 1. The molecule has 23 heavy (non-hydrogen) atoms. The van der Waals surface area contributed by atoms with E-state index in [-0.39, 0.29) is 11.3 Å². The molecule has 2 aromatic carbocycles. The van der Waals surface area contributed by atoms with E-state index in [0.717, 1.165) is 0 Å². The SMILES string of the molecule is CNC(=O)c1c(N)c2ccc(Cl)cc2n(-c2ccccc2)c1=O. The van der Waals surface area contributed by atoms with Crippen LogP contribution in [0.4, 0.5) is 5.69 Å². The van der Waals surface area contributed by atoms with Gasteiger partial charge in [0.1, 0.15) is 5.56 Å². The number of fused-ring (bicyclic) bond motifs is 1. The highest BCUT2D eigenvalue weighted by atomic mass is 35.5. The third-order valence-electron chi connectivity index (χ3n) is 3.65. The van der Waals surface area contributed by atoms with Crippen LogP contribution in [-0.4, -0.2) is 17.5 Å². The molecule has 0 atom stereocenters. The fourth-order valence-electron chi connectivity index (χ4n) is 2.57. The van der Waals surface area contributed by atoms with Crippen molar-refractivity contribution >= 4 is 34.1 Å². The molecule has 0 fully saturated rings. The second kappa shape index (κ2) is 5.78. The van der Waals surface area contributed by atoms with E-state index in [0.29, 0.717) is 21.6 Å². The summed E-state index contributed by atoms with van der Waals surface area (Å²) < 4.78 is 1.45. The Labute approximate surface area is 137 Å². The van der Waals surface area contributed by atoms with E-state index in [1.165, 1.54) is 11.6 Å². The fourth-order valence-corrected chi connectivity index (χ4v) is 2.73. The van der Waals surface area contributed by atoms with Crippen LogP contribution in [0.2, 0.25) is 5.02 Å². The quantitative estimate of drug-likeness (QED) is 0.759. The van der Waals surface area contributed by atoms with Gasteiger partial charge >= 0.3 is 0 Å². The van der Waals surface area contributed by atoms with Crippen LogP contribution in [0.25, 0.3) is 16.6 Å². The number of anilines is 1. The van der Waals surface area contributed by atoms with Gasteiger partial charge in [-0.3, -0.25) is 14.2 Å². The molecule has 1 aromatic heterocycles. The van der Waals surface area contributed by atoms with Crippen molar-refractivity contribution < 1.29 is 4.79 Å². The largest absolute Gasteiger partial charge is 0.397 e. The number of aromatic nitrogens is 1. The van der Waals surface area contributed by atoms with Gasteiger partial charge in [-0.05, 0) is 30.3 Å². The molecule has 5 nitrogen and oxygen atoms in total. The van der Waals surface area contributed by atoms with Gasteiger partial charge in [0.15, 0.2) is 0 Å². The number of benzene rings is 2. The summed E-state index contributed by atoms with van der Waals surface area (Å²) in [7, 11) is 1.46. The minimum absolute atomic E-state index is 0.0776. The maximum absolute atomic E-state index is 12.9. The van der Waals surface area contributed by atoms with Crippen LogP contribution >= 0.6 is 11.6 Å². The number of nitrogens with two attached hydrogens (primary N) is 1. The number of hydrogen-bond donors (Lipinski definition) is 2. The fraction of sp³-hybridized carbons (Fsp3) is 0.0588. The lowest BCUT2D eigenvalue weighted by Gasteiger charge is -2.15.